The largest absolute Gasteiger partial charge is 0.374 e. The SMILES string of the molecule is CNC(c1nccn1C)C1CSCCO1. The molecule has 2 heterocycles. The predicted octanol–water partition coefficient (Wildman–Crippen LogP) is 0.813. The molecule has 0 bridgehead atoms. The van der Waals surface area contributed by atoms with E-state index >= 15 is 0 Å². The van der Waals surface area contributed by atoms with Crippen molar-refractivity contribution in [1.29, 1.82) is 0 Å². The van der Waals surface area contributed by atoms with Crippen molar-refractivity contribution >= 4 is 11.8 Å². The Balaban J connectivity index is 2.12. The lowest BCUT2D eigenvalue weighted by molar-refractivity contribution is 0.0459. The van der Waals surface area contributed by atoms with Crippen molar-refractivity contribution < 1.29 is 4.74 Å². The molecule has 0 spiro atoms. The van der Waals surface area contributed by atoms with Crippen LogP contribution < -0.4 is 5.32 Å². The second-order valence-corrected chi connectivity index (χ2v) is 4.80. The number of aryl methyl sites for hydroxylation is 1. The van der Waals surface area contributed by atoms with Gasteiger partial charge in [-0.1, -0.05) is 0 Å². The molecule has 5 heteroatoms. The number of aromatic nitrogens is 2. The van der Waals surface area contributed by atoms with E-state index in [1.54, 1.807) is 0 Å². The zero-order valence-corrected chi connectivity index (χ0v) is 9.96. The van der Waals surface area contributed by atoms with Crippen LogP contribution in [-0.4, -0.2) is 40.8 Å². The van der Waals surface area contributed by atoms with E-state index in [1.165, 1.54) is 0 Å². The number of ether oxygens (including phenoxy) is 1. The summed E-state index contributed by atoms with van der Waals surface area (Å²) in [4.78, 5) is 4.37. The quantitative estimate of drug-likeness (QED) is 0.829. The fourth-order valence-electron chi connectivity index (χ4n) is 1.86. The Morgan fingerprint density at radius 3 is 3.13 bits per heavy atom. The first-order chi connectivity index (χ1) is 7.33. The summed E-state index contributed by atoms with van der Waals surface area (Å²) in [6, 6.07) is 0.192. The standard InChI is InChI=1S/C10H17N3OS/c1-11-9(8-7-15-6-5-14-8)10-12-3-4-13(10)2/h3-4,8-9,11H,5-7H2,1-2H3. The Bertz CT molecular complexity index is 309. The molecule has 1 N–H and O–H groups in total. The third-order valence-electron chi connectivity index (χ3n) is 2.66. The fourth-order valence-corrected chi connectivity index (χ4v) is 2.76. The van der Waals surface area contributed by atoms with Crippen LogP contribution in [0.3, 0.4) is 0 Å². The molecule has 84 valence electrons. The molecule has 15 heavy (non-hydrogen) atoms. The molecule has 1 aromatic rings. The number of nitrogens with zero attached hydrogens (tertiary/aromatic N) is 2. The molecule has 2 unspecified atom stereocenters. The van der Waals surface area contributed by atoms with Crippen molar-refractivity contribution in [3.63, 3.8) is 0 Å². The maximum Gasteiger partial charge on any atom is 0.128 e. The second-order valence-electron chi connectivity index (χ2n) is 3.65. The van der Waals surface area contributed by atoms with E-state index in [2.05, 4.69) is 10.3 Å². The van der Waals surface area contributed by atoms with Crippen LogP contribution in [0.15, 0.2) is 12.4 Å². The molecule has 1 aliphatic heterocycles. The number of nitrogens with one attached hydrogen (secondary N) is 1. The van der Waals surface area contributed by atoms with Gasteiger partial charge < -0.3 is 14.6 Å². The Hall–Kier alpha value is -0.520. The summed E-state index contributed by atoms with van der Waals surface area (Å²) in [6.07, 6.45) is 4.03. The van der Waals surface area contributed by atoms with Gasteiger partial charge in [-0.25, -0.2) is 4.98 Å². The molecule has 1 fully saturated rings. The Labute approximate surface area is 94.4 Å². The summed E-state index contributed by atoms with van der Waals surface area (Å²) in [5.74, 6) is 3.19. The van der Waals surface area contributed by atoms with Crippen molar-refractivity contribution in [1.82, 2.24) is 14.9 Å². The van der Waals surface area contributed by atoms with E-state index in [4.69, 9.17) is 4.74 Å². The van der Waals surface area contributed by atoms with E-state index < -0.39 is 0 Å². The molecule has 1 aromatic heterocycles. The summed E-state index contributed by atoms with van der Waals surface area (Å²) in [5, 5.41) is 3.29. The van der Waals surface area contributed by atoms with Gasteiger partial charge in [-0.05, 0) is 7.05 Å². The summed E-state index contributed by atoms with van der Waals surface area (Å²) < 4.78 is 7.82. The summed E-state index contributed by atoms with van der Waals surface area (Å²) in [6.45, 7) is 0.845. The number of hydrogen-bond donors (Lipinski definition) is 1. The molecule has 2 rings (SSSR count). The highest BCUT2D eigenvalue weighted by Gasteiger charge is 2.27. The third kappa shape index (κ3) is 2.35. The van der Waals surface area contributed by atoms with Crippen LogP contribution in [0.25, 0.3) is 0 Å². The number of rotatable bonds is 3. The van der Waals surface area contributed by atoms with E-state index in [0.717, 1.165) is 23.9 Å². The number of imidazole rings is 1. The first-order valence-corrected chi connectivity index (χ1v) is 6.32. The molecule has 0 aromatic carbocycles. The first kappa shape index (κ1) is 11.0. The molecule has 0 saturated carbocycles. The molecule has 0 radical (unpaired) electrons. The van der Waals surface area contributed by atoms with Gasteiger partial charge >= 0.3 is 0 Å². The van der Waals surface area contributed by atoms with Crippen molar-refractivity contribution in [2.24, 2.45) is 7.05 Å². The van der Waals surface area contributed by atoms with Crippen LogP contribution in [0.1, 0.15) is 11.9 Å². The maximum absolute atomic E-state index is 5.77. The van der Waals surface area contributed by atoms with Crippen LogP contribution >= 0.6 is 11.8 Å². The number of hydrogen-bond acceptors (Lipinski definition) is 4. The van der Waals surface area contributed by atoms with Gasteiger partial charge in [0.2, 0.25) is 0 Å². The molecule has 4 nitrogen and oxygen atoms in total. The molecule has 2 atom stereocenters. The summed E-state index contributed by atoms with van der Waals surface area (Å²) in [7, 11) is 3.98. The van der Waals surface area contributed by atoms with Crippen LogP contribution in [0.2, 0.25) is 0 Å². The first-order valence-electron chi connectivity index (χ1n) is 5.16. The van der Waals surface area contributed by atoms with Gasteiger partial charge in [0.1, 0.15) is 5.82 Å². The van der Waals surface area contributed by atoms with Gasteiger partial charge in [0.25, 0.3) is 0 Å². The third-order valence-corrected chi connectivity index (χ3v) is 3.68. The highest BCUT2D eigenvalue weighted by atomic mass is 32.2. The van der Waals surface area contributed by atoms with Gasteiger partial charge in [-0.2, -0.15) is 11.8 Å². The lowest BCUT2D eigenvalue weighted by Gasteiger charge is -2.29. The summed E-state index contributed by atoms with van der Waals surface area (Å²) >= 11 is 1.95. The van der Waals surface area contributed by atoms with Crippen molar-refractivity contribution in [3.8, 4) is 0 Å². The molecular weight excluding hydrogens is 210 g/mol. The highest BCUT2D eigenvalue weighted by Crippen LogP contribution is 2.23. The van der Waals surface area contributed by atoms with Gasteiger partial charge in [-0.3, -0.25) is 0 Å². The van der Waals surface area contributed by atoms with Crippen LogP contribution in [0.4, 0.5) is 0 Å². The Morgan fingerprint density at radius 1 is 1.73 bits per heavy atom. The zero-order chi connectivity index (χ0) is 10.7. The zero-order valence-electron chi connectivity index (χ0n) is 9.14. The minimum absolute atomic E-state index is 0.192. The molecule has 0 aliphatic carbocycles. The van der Waals surface area contributed by atoms with Gasteiger partial charge in [0, 0.05) is 30.9 Å². The fraction of sp³-hybridized carbons (Fsp3) is 0.700. The topological polar surface area (TPSA) is 39.1 Å². The second kappa shape index (κ2) is 5.01. The predicted molar refractivity (Wildman–Crippen MR) is 62.1 cm³/mol. The van der Waals surface area contributed by atoms with Crippen molar-refractivity contribution in [2.75, 3.05) is 25.2 Å². The van der Waals surface area contributed by atoms with Gasteiger partial charge in [0.05, 0.1) is 18.8 Å². The summed E-state index contributed by atoms with van der Waals surface area (Å²) in [5.41, 5.74) is 0. The average molecular weight is 227 g/mol. The lowest BCUT2D eigenvalue weighted by Crippen LogP contribution is -2.37. The Kier molecular flexibility index (Phi) is 3.66. The lowest BCUT2D eigenvalue weighted by atomic mass is 10.1. The minimum Gasteiger partial charge on any atom is -0.374 e. The van der Waals surface area contributed by atoms with Gasteiger partial charge in [-0.15, -0.1) is 0 Å². The maximum atomic E-state index is 5.77. The van der Waals surface area contributed by atoms with E-state index in [1.807, 2.05) is 42.8 Å². The Morgan fingerprint density at radius 2 is 2.60 bits per heavy atom. The van der Waals surface area contributed by atoms with Gasteiger partial charge in [0.15, 0.2) is 0 Å². The smallest absolute Gasteiger partial charge is 0.128 e. The van der Waals surface area contributed by atoms with Crippen LogP contribution in [0, 0.1) is 0 Å². The van der Waals surface area contributed by atoms with E-state index in [9.17, 15) is 0 Å². The number of likely N-dealkylation sites (N-methyl/N-ethyl adjacent to an activating group) is 1. The monoisotopic (exact) mass is 227 g/mol. The van der Waals surface area contributed by atoms with Crippen molar-refractivity contribution in [2.45, 2.75) is 12.1 Å². The molecule has 1 saturated heterocycles. The average Bonchev–Trinajstić information content (AvgIpc) is 2.68. The minimum atomic E-state index is 0.192. The van der Waals surface area contributed by atoms with E-state index in [0.29, 0.717) is 0 Å². The highest BCUT2D eigenvalue weighted by molar-refractivity contribution is 7.99. The van der Waals surface area contributed by atoms with Crippen LogP contribution in [-0.2, 0) is 11.8 Å². The van der Waals surface area contributed by atoms with Crippen LogP contribution in [0.5, 0.6) is 0 Å². The number of thioether (sulfide) groups is 1. The normalized spacial score (nSPS) is 24.0. The van der Waals surface area contributed by atoms with Crippen molar-refractivity contribution in [3.05, 3.63) is 18.2 Å². The molecule has 0 amide bonds. The molecular formula is C10H17N3OS. The molecule has 1 aliphatic rings. The van der Waals surface area contributed by atoms with E-state index in [-0.39, 0.29) is 12.1 Å².